The molecule has 0 saturated carbocycles. The van der Waals surface area contributed by atoms with Gasteiger partial charge < -0.3 is 24.9 Å². The molecule has 3 heterocycles. The fourth-order valence-corrected chi connectivity index (χ4v) is 4.09. The van der Waals surface area contributed by atoms with Crippen molar-refractivity contribution >= 4 is 23.5 Å². The van der Waals surface area contributed by atoms with Gasteiger partial charge in [-0.05, 0) is 25.1 Å². The smallest absolute Gasteiger partial charge is 0.244 e. The topological polar surface area (TPSA) is 80.2 Å². The number of hydrogen-bond acceptors (Lipinski definition) is 6. The minimum absolute atomic E-state index is 0.0874. The van der Waals surface area contributed by atoms with Crippen LogP contribution in [0.4, 0.5) is 11.6 Å². The van der Waals surface area contributed by atoms with Crippen molar-refractivity contribution in [2.24, 2.45) is 4.99 Å². The molecule has 1 aromatic heterocycles. The summed E-state index contributed by atoms with van der Waals surface area (Å²) in [6.07, 6.45) is 3.54. The molecule has 0 atom stereocenters. The molecule has 4 rings (SSSR count). The molecular formula is C23H32N8O. The highest BCUT2D eigenvalue weighted by molar-refractivity contribution is 5.85. The third kappa shape index (κ3) is 5.46. The van der Waals surface area contributed by atoms with Gasteiger partial charge in [0.15, 0.2) is 5.96 Å². The molecule has 0 spiro atoms. The quantitative estimate of drug-likeness (QED) is 0.551. The normalized spacial score (nSPS) is 17.5. The molecule has 2 aliphatic rings. The minimum Gasteiger partial charge on any atom is -0.368 e. The van der Waals surface area contributed by atoms with Gasteiger partial charge in [-0.25, -0.2) is 15.0 Å². The van der Waals surface area contributed by atoms with Crippen LogP contribution in [-0.2, 0) is 4.79 Å². The maximum Gasteiger partial charge on any atom is 0.244 e. The third-order valence-corrected chi connectivity index (χ3v) is 5.87. The van der Waals surface area contributed by atoms with Gasteiger partial charge in [-0.1, -0.05) is 18.2 Å². The molecule has 1 aromatic carbocycles. The Morgan fingerprint density at radius 1 is 0.875 bits per heavy atom. The van der Waals surface area contributed by atoms with E-state index in [0.717, 1.165) is 70.8 Å². The summed E-state index contributed by atoms with van der Waals surface area (Å²) in [6, 6.07) is 12.2. The van der Waals surface area contributed by atoms with E-state index in [-0.39, 0.29) is 12.5 Å². The average molecular weight is 437 g/mol. The lowest BCUT2D eigenvalue weighted by Crippen LogP contribution is -2.53. The summed E-state index contributed by atoms with van der Waals surface area (Å²) in [6.45, 7) is 9.43. The van der Waals surface area contributed by atoms with Crippen LogP contribution in [-0.4, -0.2) is 97.1 Å². The van der Waals surface area contributed by atoms with Crippen molar-refractivity contribution in [1.82, 2.24) is 25.1 Å². The van der Waals surface area contributed by atoms with Crippen molar-refractivity contribution in [2.75, 3.05) is 75.2 Å². The number of aromatic nitrogens is 2. The van der Waals surface area contributed by atoms with Crippen molar-refractivity contribution in [3.05, 3.63) is 48.8 Å². The summed E-state index contributed by atoms with van der Waals surface area (Å²) in [5.41, 5.74) is 1.21. The number of para-hydroxylation sites is 1. The van der Waals surface area contributed by atoms with Crippen LogP contribution in [0, 0.1) is 0 Å². The van der Waals surface area contributed by atoms with Gasteiger partial charge >= 0.3 is 0 Å². The Balaban J connectivity index is 1.28. The van der Waals surface area contributed by atoms with E-state index < -0.39 is 0 Å². The van der Waals surface area contributed by atoms with Gasteiger partial charge in [0.25, 0.3) is 0 Å². The molecule has 32 heavy (non-hydrogen) atoms. The van der Waals surface area contributed by atoms with Crippen LogP contribution in [0.5, 0.6) is 0 Å². The number of carbonyl (C=O) groups excluding carboxylic acids is 1. The van der Waals surface area contributed by atoms with Crippen LogP contribution in [0.3, 0.4) is 0 Å². The number of piperazine rings is 2. The average Bonchev–Trinajstić information content (AvgIpc) is 2.87. The number of aliphatic imine (C=N–C) groups is 1. The molecule has 9 nitrogen and oxygen atoms in total. The number of anilines is 2. The van der Waals surface area contributed by atoms with E-state index in [2.05, 4.69) is 59.2 Å². The molecule has 2 saturated heterocycles. The Kier molecular flexibility index (Phi) is 7.37. The number of benzene rings is 1. The Morgan fingerprint density at radius 3 is 2.16 bits per heavy atom. The second-order valence-corrected chi connectivity index (χ2v) is 7.90. The summed E-state index contributed by atoms with van der Waals surface area (Å²) in [7, 11) is 0. The van der Waals surface area contributed by atoms with Crippen molar-refractivity contribution in [2.45, 2.75) is 6.92 Å². The molecule has 1 amide bonds. The number of nitrogens with zero attached hydrogens (tertiary/aromatic N) is 7. The van der Waals surface area contributed by atoms with E-state index in [0.29, 0.717) is 0 Å². The Bertz CT molecular complexity index is 875. The zero-order chi connectivity index (χ0) is 22.2. The Labute approximate surface area is 189 Å². The molecule has 0 aliphatic carbocycles. The van der Waals surface area contributed by atoms with E-state index >= 15 is 0 Å². The highest BCUT2D eigenvalue weighted by Crippen LogP contribution is 2.15. The molecule has 0 unspecified atom stereocenters. The predicted molar refractivity (Wildman–Crippen MR) is 127 cm³/mol. The first-order valence-electron chi connectivity index (χ1n) is 11.4. The lowest BCUT2D eigenvalue weighted by Gasteiger charge is -2.37. The molecule has 170 valence electrons. The van der Waals surface area contributed by atoms with Gasteiger partial charge in [-0.2, -0.15) is 0 Å². The van der Waals surface area contributed by atoms with Gasteiger partial charge in [0.05, 0.1) is 0 Å². The second kappa shape index (κ2) is 10.8. The zero-order valence-corrected chi connectivity index (χ0v) is 18.7. The first kappa shape index (κ1) is 21.9. The van der Waals surface area contributed by atoms with Crippen molar-refractivity contribution in [3.8, 4) is 0 Å². The van der Waals surface area contributed by atoms with Gasteiger partial charge in [-0.15, -0.1) is 0 Å². The molecule has 2 fully saturated rings. The SMILES string of the molecule is CCNC(=NCC(=O)N1CCN(c2ccccc2)CC1)N1CCN(c2ncccn2)CC1. The van der Waals surface area contributed by atoms with Crippen molar-refractivity contribution in [3.63, 3.8) is 0 Å². The molecule has 2 aliphatic heterocycles. The summed E-state index contributed by atoms with van der Waals surface area (Å²) in [5.74, 6) is 1.65. The summed E-state index contributed by atoms with van der Waals surface area (Å²) >= 11 is 0. The van der Waals surface area contributed by atoms with Crippen LogP contribution in [0.2, 0.25) is 0 Å². The first-order chi connectivity index (χ1) is 15.7. The largest absolute Gasteiger partial charge is 0.368 e. The fourth-order valence-electron chi connectivity index (χ4n) is 4.09. The third-order valence-electron chi connectivity index (χ3n) is 5.87. The fraction of sp³-hybridized carbons (Fsp3) is 0.478. The number of nitrogens with one attached hydrogen (secondary N) is 1. The number of guanidine groups is 1. The number of hydrogen-bond donors (Lipinski definition) is 1. The van der Waals surface area contributed by atoms with Gasteiger partial charge in [-0.3, -0.25) is 4.79 Å². The van der Waals surface area contributed by atoms with Gasteiger partial charge in [0.1, 0.15) is 6.54 Å². The van der Waals surface area contributed by atoms with Crippen molar-refractivity contribution in [1.29, 1.82) is 0 Å². The summed E-state index contributed by atoms with van der Waals surface area (Å²) in [5, 5.41) is 3.34. The Hall–Kier alpha value is -3.36. The molecule has 1 N–H and O–H groups in total. The first-order valence-corrected chi connectivity index (χ1v) is 11.4. The van der Waals surface area contributed by atoms with Crippen LogP contribution in [0.1, 0.15) is 6.92 Å². The Morgan fingerprint density at radius 2 is 1.50 bits per heavy atom. The number of rotatable bonds is 5. The van der Waals surface area contributed by atoms with Crippen LogP contribution >= 0.6 is 0 Å². The summed E-state index contributed by atoms with van der Waals surface area (Å²) < 4.78 is 0. The van der Waals surface area contributed by atoms with Crippen LogP contribution < -0.4 is 15.1 Å². The highest BCUT2D eigenvalue weighted by Gasteiger charge is 2.23. The second-order valence-electron chi connectivity index (χ2n) is 7.90. The lowest BCUT2D eigenvalue weighted by atomic mass is 10.2. The van der Waals surface area contributed by atoms with Crippen LogP contribution in [0.15, 0.2) is 53.8 Å². The molecule has 0 radical (unpaired) electrons. The molecule has 2 aromatic rings. The standard InChI is InChI=1S/C23H32N8O/c1-2-24-22(30-15-17-31(18-16-30)23-25-9-6-10-26-23)27-19-21(32)29-13-11-28(12-14-29)20-7-4-3-5-8-20/h3-10H,2,11-19H2,1H3,(H,24,27). The number of carbonyl (C=O) groups is 1. The number of amides is 1. The van der Waals surface area contributed by atoms with E-state index in [9.17, 15) is 4.79 Å². The van der Waals surface area contributed by atoms with Gasteiger partial charge in [0.2, 0.25) is 11.9 Å². The maximum atomic E-state index is 12.8. The van der Waals surface area contributed by atoms with Crippen molar-refractivity contribution < 1.29 is 4.79 Å². The summed E-state index contributed by atoms with van der Waals surface area (Å²) in [4.78, 5) is 34.8. The van der Waals surface area contributed by atoms with E-state index in [1.165, 1.54) is 5.69 Å². The highest BCUT2D eigenvalue weighted by atomic mass is 16.2. The zero-order valence-electron chi connectivity index (χ0n) is 18.7. The van der Waals surface area contributed by atoms with E-state index in [4.69, 9.17) is 0 Å². The van der Waals surface area contributed by atoms with E-state index in [1.54, 1.807) is 12.4 Å². The molecule has 9 heteroatoms. The monoisotopic (exact) mass is 436 g/mol. The predicted octanol–water partition coefficient (Wildman–Crippen LogP) is 0.913. The minimum atomic E-state index is 0.0874. The molecular weight excluding hydrogens is 404 g/mol. The van der Waals surface area contributed by atoms with E-state index in [1.807, 2.05) is 24.0 Å². The van der Waals surface area contributed by atoms with Gasteiger partial charge in [0, 0.05) is 77.0 Å². The molecule has 0 bridgehead atoms. The lowest BCUT2D eigenvalue weighted by molar-refractivity contribution is -0.129. The van der Waals surface area contributed by atoms with Crippen LogP contribution in [0.25, 0.3) is 0 Å². The maximum absolute atomic E-state index is 12.8.